The quantitative estimate of drug-likeness (QED) is 0.740. The van der Waals surface area contributed by atoms with Gasteiger partial charge < -0.3 is 14.2 Å². The molecule has 2 aliphatic heterocycles. The number of ether oxygens (including phenoxy) is 1. The first-order chi connectivity index (χ1) is 12.1. The van der Waals surface area contributed by atoms with Gasteiger partial charge in [0.1, 0.15) is 0 Å². The van der Waals surface area contributed by atoms with Gasteiger partial charge in [0.15, 0.2) is 5.82 Å². The van der Waals surface area contributed by atoms with E-state index in [9.17, 15) is 4.79 Å². The van der Waals surface area contributed by atoms with Crippen molar-refractivity contribution in [1.29, 1.82) is 0 Å². The number of carbonyl (C=O) groups excluding carboxylic acids is 1. The summed E-state index contributed by atoms with van der Waals surface area (Å²) in [5, 5.41) is 3.94. The van der Waals surface area contributed by atoms with Crippen molar-refractivity contribution in [2.45, 2.75) is 39.3 Å². The van der Waals surface area contributed by atoms with Gasteiger partial charge in [0.25, 0.3) is 0 Å². The Morgan fingerprint density at radius 1 is 1.16 bits per heavy atom. The van der Waals surface area contributed by atoms with Crippen LogP contribution in [0.2, 0.25) is 0 Å². The van der Waals surface area contributed by atoms with Crippen molar-refractivity contribution in [2.75, 3.05) is 52.5 Å². The molecule has 25 heavy (non-hydrogen) atoms. The van der Waals surface area contributed by atoms with Crippen molar-refractivity contribution in [3.63, 3.8) is 0 Å². The molecule has 0 aromatic carbocycles. The lowest BCUT2D eigenvalue weighted by atomic mass is 10.1. The molecule has 0 radical (unpaired) electrons. The molecule has 3 heterocycles. The van der Waals surface area contributed by atoms with E-state index in [0.717, 1.165) is 64.7 Å². The summed E-state index contributed by atoms with van der Waals surface area (Å²) in [5.41, 5.74) is 0. The highest BCUT2D eigenvalue weighted by Gasteiger charge is 2.23. The summed E-state index contributed by atoms with van der Waals surface area (Å²) in [6, 6.07) is 0.440. The molecule has 3 rings (SSSR count). The molecule has 1 atom stereocenters. The maximum absolute atomic E-state index is 12.5. The summed E-state index contributed by atoms with van der Waals surface area (Å²) < 4.78 is 10.4. The Morgan fingerprint density at radius 3 is 2.52 bits per heavy atom. The predicted octanol–water partition coefficient (Wildman–Crippen LogP) is 0.523. The maximum atomic E-state index is 12.5. The Balaban J connectivity index is 1.36. The van der Waals surface area contributed by atoms with Crippen LogP contribution in [0.4, 0.5) is 0 Å². The highest BCUT2D eigenvalue weighted by molar-refractivity contribution is 5.76. The molecule has 1 aromatic rings. The second kappa shape index (κ2) is 8.73. The Bertz CT molecular complexity index is 550. The van der Waals surface area contributed by atoms with E-state index in [0.29, 0.717) is 24.9 Å². The molecule has 8 heteroatoms. The van der Waals surface area contributed by atoms with Crippen molar-refractivity contribution < 1.29 is 14.1 Å². The summed E-state index contributed by atoms with van der Waals surface area (Å²) >= 11 is 0. The van der Waals surface area contributed by atoms with Gasteiger partial charge in [0.05, 0.1) is 19.8 Å². The molecular formula is C17H29N5O3. The molecule has 0 saturated carbocycles. The van der Waals surface area contributed by atoms with Crippen LogP contribution in [0.1, 0.15) is 31.5 Å². The van der Waals surface area contributed by atoms with Crippen molar-refractivity contribution in [3.05, 3.63) is 11.7 Å². The largest absolute Gasteiger partial charge is 0.379 e. The topological polar surface area (TPSA) is 74.9 Å². The van der Waals surface area contributed by atoms with Gasteiger partial charge in [-0.05, 0) is 13.3 Å². The van der Waals surface area contributed by atoms with Crippen molar-refractivity contribution in [1.82, 2.24) is 24.8 Å². The third kappa shape index (κ3) is 5.23. The Morgan fingerprint density at radius 2 is 1.88 bits per heavy atom. The van der Waals surface area contributed by atoms with Crippen LogP contribution >= 0.6 is 0 Å². The van der Waals surface area contributed by atoms with E-state index >= 15 is 0 Å². The number of morpholine rings is 1. The number of nitrogens with zero attached hydrogens (tertiary/aromatic N) is 5. The first-order valence-electron chi connectivity index (χ1n) is 9.23. The van der Waals surface area contributed by atoms with E-state index < -0.39 is 0 Å². The van der Waals surface area contributed by atoms with E-state index in [1.165, 1.54) is 0 Å². The first kappa shape index (κ1) is 18.3. The molecule has 0 unspecified atom stereocenters. The third-order valence-corrected chi connectivity index (χ3v) is 5.10. The smallest absolute Gasteiger partial charge is 0.223 e. The minimum Gasteiger partial charge on any atom is -0.379 e. The van der Waals surface area contributed by atoms with Crippen LogP contribution in [0.3, 0.4) is 0 Å². The second-order valence-corrected chi connectivity index (χ2v) is 6.92. The molecule has 0 bridgehead atoms. The molecule has 0 spiro atoms. The van der Waals surface area contributed by atoms with Crippen LogP contribution < -0.4 is 0 Å². The number of aromatic nitrogens is 2. The molecule has 2 saturated heterocycles. The third-order valence-electron chi connectivity index (χ3n) is 5.10. The van der Waals surface area contributed by atoms with Crippen molar-refractivity contribution >= 4 is 5.91 Å². The molecule has 8 nitrogen and oxygen atoms in total. The number of amides is 1. The number of hydrogen-bond donors (Lipinski definition) is 0. The zero-order chi connectivity index (χ0) is 17.6. The van der Waals surface area contributed by atoms with E-state index in [4.69, 9.17) is 9.26 Å². The zero-order valence-electron chi connectivity index (χ0n) is 15.3. The number of carbonyl (C=O) groups is 1. The fraction of sp³-hybridized carbons (Fsp3) is 0.824. The van der Waals surface area contributed by atoms with E-state index in [1.54, 1.807) is 6.92 Å². The highest BCUT2D eigenvalue weighted by Crippen LogP contribution is 2.12. The van der Waals surface area contributed by atoms with E-state index in [2.05, 4.69) is 26.9 Å². The first-order valence-corrected chi connectivity index (χ1v) is 9.23. The van der Waals surface area contributed by atoms with E-state index in [-0.39, 0.29) is 5.91 Å². The van der Waals surface area contributed by atoms with E-state index in [1.807, 2.05) is 4.90 Å². The van der Waals surface area contributed by atoms with Crippen molar-refractivity contribution in [3.8, 4) is 0 Å². The monoisotopic (exact) mass is 351 g/mol. The summed E-state index contributed by atoms with van der Waals surface area (Å²) in [6.07, 6.45) is 1.55. The van der Waals surface area contributed by atoms with Gasteiger partial charge in [-0.2, -0.15) is 4.98 Å². The molecule has 2 aliphatic rings. The Labute approximate surface area is 149 Å². The molecular weight excluding hydrogens is 322 g/mol. The van der Waals surface area contributed by atoms with Crippen LogP contribution in [0.25, 0.3) is 0 Å². The van der Waals surface area contributed by atoms with Gasteiger partial charge in [-0.3, -0.25) is 14.6 Å². The number of piperazine rings is 1. The fourth-order valence-electron chi connectivity index (χ4n) is 3.45. The average molecular weight is 351 g/mol. The molecule has 2 fully saturated rings. The summed E-state index contributed by atoms with van der Waals surface area (Å²) in [7, 11) is 0. The van der Waals surface area contributed by atoms with Gasteiger partial charge in [0, 0.05) is 58.7 Å². The SMILES string of the molecule is Cc1nc(CN2CCN(C(=O)CC[C@@H](C)N3CCOCC3)CC2)no1. The molecule has 0 aliphatic carbocycles. The molecule has 1 aromatic heterocycles. The Kier molecular flexibility index (Phi) is 6.39. The van der Waals surface area contributed by atoms with Gasteiger partial charge in [-0.15, -0.1) is 0 Å². The van der Waals surface area contributed by atoms with Crippen LogP contribution in [0.15, 0.2) is 4.52 Å². The minimum absolute atomic E-state index is 0.273. The standard InChI is InChI=1S/C17H29N5O3/c1-14(21-9-11-24-12-10-21)3-4-17(23)22-7-5-20(6-8-22)13-16-18-15(2)25-19-16/h14H,3-13H2,1-2H3/t14-/m1/s1. The predicted molar refractivity (Wildman–Crippen MR) is 92.0 cm³/mol. The lowest BCUT2D eigenvalue weighted by molar-refractivity contribution is -0.133. The van der Waals surface area contributed by atoms with Crippen LogP contribution in [-0.2, 0) is 16.1 Å². The zero-order valence-corrected chi connectivity index (χ0v) is 15.3. The van der Waals surface area contributed by atoms with Crippen LogP contribution in [0, 0.1) is 6.92 Å². The summed E-state index contributed by atoms with van der Waals surface area (Å²) in [6.45, 7) is 11.5. The average Bonchev–Trinajstić information content (AvgIpc) is 3.05. The van der Waals surface area contributed by atoms with Gasteiger partial charge >= 0.3 is 0 Å². The summed E-state index contributed by atoms with van der Waals surface area (Å²) in [5.74, 6) is 1.59. The number of aryl methyl sites for hydroxylation is 1. The molecule has 140 valence electrons. The molecule has 1 amide bonds. The lowest BCUT2D eigenvalue weighted by Gasteiger charge is -2.35. The number of rotatable bonds is 6. The van der Waals surface area contributed by atoms with Gasteiger partial charge in [-0.1, -0.05) is 5.16 Å². The Hall–Kier alpha value is -1.51. The van der Waals surface area contributed by atoms with Crippen LogP contribution in [0.5, 0.6) is 0 Å². The fourth-order valence-corrected chi connectivity index (χ4v) is 3.45. The lowest BCUT2D eigenvalue weighted by Crippen LogP contribution is -2.48. The minimum atomic E-state index is 0.273. The summed E-state index contributed by atoms with van der Waals surface area (Å²) in [4.78, 5) is 23.4. The highest BCUT2D eigenvalue weighted by atomic mass is 16.5. The van der Waals surface area contributed by atoms with Crippen molar-refractivity contribution in [2.24, 2.45) is 0 Å². The normalized spacial score (nSPS) is 21.4. The van der Waals surface area contributed by atoms with Gasteiger partial charge in [0.2, 0.25) is 11.8 Å². The maximum Gasteiger partial charge on any atom is 0.223 e. The van der Waals surface area contributed by atoms with Crippen LogP contribution in [-0.4, -0.2) is 89.3 Å². The second-order valence-electron chi connectivity index (χ2n) is 6.92. The molecule has 0 N–H and O–H groups in total. The number of hydrogen-bond acceptors (Lipinski definition) is 7. The van der Waals surface area contributed by atoms with Gasteiger partial charge in [-0.25, -0.2) is 0 Å².